The maximum atomic E-state index is 13.4. The summed E-state index contributed by atoms with van der Waals surface area (Å²) in [5, 5.41) is 4.17. The quantitative estimate of drug-likeness (QED) is 0.419. The summed E-state index contributed by atoms with van der Waals surface area (Å²) in [6, 6.07) is 10.2. The molecule has 0 spiro atoms. The monoisotopic (exact) mass is 433 g/mol. The van der Waals surface area contributed by atoms with Crippen molar-refractivity contribution in [2.24, 2.45) is 0 Å². The van der Waals surface area contributed by atoms with E-state index in [9.17, 15) is 22.4 Å². The fourth-order valence-corrected chi connectivity index (χ4v) is 3.88. The highest BCUT2D eigenvalue weighted by Crippen LogP contribution is 2.33. The molecule has 0 saturated heterocycles. The Bertz CT molecular complexity index is 1230. The van der Waals surface area contributed by atoms with E-state index in [2.05, 4.69) is 10.3 Å². The van der Waals surface area contributed by atoms with Crippen molar-refractivity contribution in [3.8, 4) is 11.3 Å². The summed E-state index contributed by atoms with van der Waals surface area (Å²) in [6.07, 6.45) is -3.09. The zero-order valence-corrected chi connectivity index (χ0v) is 16.4. The Kier molecular flexibility index (Phi) is 5.07. The third-order valence-electron chi connectivity index (χ3n) is 4.53. The van der Waals surface area contributed by atoms with Gasteiger partial charge in [-0.2, -0.15) is 13.2 Å². The third-order valence-corrected chi connectivity index (χ3v) is 5.42. The average Bonchev–Trinajstić information content (AvgIpc) is 3.25. The van der Waals surface area contributed by atoms with Crippen LogP contribution in [-0.4, -0.2) is 15.3 Å². The van der Waals surface area contributed by atoms with Crippen LogP contribution in [0.3, 0.4) is 0 Å². The highest BCUT2D eigenvalue weighted by atomic mass is 32.1. The Morgan fingerprint density at radius 2 is 1.90 bits per heavy atom. The van der Waals surface area contributed by atoms with Crippen LogP contribution in [0.15, 0.2) is 54.0 Å². The van der Waals surface area contributed by atoms with Gasteiger partial charge in [-0.15, -0.1) is 11.3 Å². The van der Waals surface area contributed by atoms with Gasteiger partial charge in [0.2, 0.25) is 5.91 Å². The second-order valence-electron chi connectivity index (χ2n) is 6.79. The van der Waals surface area contributed by atoms with Crippen LogP contribution in [-0.2, 0) is 17.4 Å². The number of thiazole rings is 1. The van der Waals surface area contributed by atoms with E-state index in [0.29, 0.717) is 22.8 Å². The fraction of sp³-hybridized carbons (Fsp3) is 0.143. The van der Waals surface area contributed by atoms with Gasteiger partial charge >= 0.3 is 6.18 Å². The number of benzene rings is 2. The van der Waals surface area contributed by atoms with Crippen LogP contribution < -0.4 is 5.32 Å². The summed E-state index contributed by atoms with van der Waals surface area (Å²) in [7, 11) is 0. The zero-order chi connectivity index (χ0) is 21.5. The van der Waals surface area contributed by atoms with Gasteiger partial charge in [0.1, 0.15) is 5.82 Å². The maximum Gasteiger partial charge on any atom is 0.419 e. The second-order valence-corrected chi connectivity index (χ2v) is 7.63. The van der Waals surface area contributed by atoms with E-state index in [1.807, 2.05) is 37.4 Å². The molecule has 2 heterocycles. The largest absolute Gasteiger partial charge is 0.419 e. The standard InChI is InChI=1S/C21H15F4N3OS/c1-12-2-4-13(5-3-12)18-10-28-15(11-30-20(28)27-18)9-19(29)26-14-6-7-17(22)16(8-14)21(23,24)25/h2-8,10-11H,9H2,1H3,(H,26,29). The number of alkyl halides is 3. The van der Waals surface area contributed by atoms with Crippen molar-refractivity contribution < 1.29 is 22.4 Å². The van der Waals surface area contributed by atoms with Gasteiger partial charge in [0.15, 0.2) is 4.96 Å². The molecule has 154 valence electrons. The van der Waals surface area contributed by atoms with E-state index < -0.39 is 23.5 Å². The number of nitrogens with zero attached hydrogens (tertiary/aromatic N) is 2. The molecule has 2 aromatic carbocycles. The van der Waals surface area contributed by atoms with Crippen LogP contribution in [0.4, 0.5) is 23.2 Å². The number of fused-ring (bicyclic) bond motifs is 1. The second kappa shape index (κ2) is 7.56. The predicted molar refractivity (Wildman–Crippen MR) is 107 cm³/mol. The number of amides is 1. The SMILES string of the molecule is Cc1ccc(-c2cn3c(CC(=O)Nc4ccc(F)c(C(F)(F)F)c4)csc3n2)cc1. The number of imidazole rings is 1. The number of carbonyl (C=O) groups excluding carboxylic acids is 1. The molecule has 1 amide bonds. The van der Waals surface area contributed by atoms with Crippen molar-refractivity contribution in [2.75, 3.05) is 5.32 Å². The number of aryl methyl sites for hydroxylation is 1. The molecule has 9 heteroatoms. The molecule has 0 aliphatic carbocycles. The van der Waals surface area contributed by atoms with Crippen LogP contribution in [0, 0.1) is 12.7 Å². The molecule has 0 bridgehead atoms. The lowest BCUT2D eigenvalue weighted by Gasteiger charge is -2.11. The average molecular weight is 433 g/mol. The minimum absolute atomic E-state index is 0.0670. The summed E-state index contributed by atoms with van der Waals surface area (Å²) in [4.78, 5) is 17.6. The highest BCUT2D eigenvalue weighted by molar-refractivity contribution is 7.15. The van der Waals surface area contributed by atoms with Crippen LogP contribution in [0.5, 0.6) is 0 Å². The lowest BCUT2D eigenvalue weighted by atomic mass is 10.1. The van der Waals surface area contributed by atoms with Gasteiger partial charge in [0, 0.05) is 28.5 Å². The molecule has 30 heavy (non-hydrogen) atoms. The van der Waals surface area contributed by atoms with Crippen molar-refractivity contribution in [1.82, 2.24) is 9.38 Å². The third kappa shape index (κ3) is 4.06. The summed E-state index contributed by atoms with van der Waals surface area (Å²) >= 11 is 1.36. The lowest BCUT2D eigenvalue weighted by Crippen LogP contribution is -2.16. The van der Waals surface area contributed by atoms with Gasteiger partial charge in [0.05, 0.1) is 17.7 Å². The Balaban J connectivity index is 1.53. The van der Waals surface area contributed by atoms with E-state index in [1.165, 1.54) is 11.3 Å². The van der Waals surface area contributed by atoms with Crippen molar-refractivity contribution in [3.05, 3.63) is 76.7 Å². The topological polar surface area (TPSA) is 46.4 Å². The summed E-state index contributed by atoms with van der Waals surface area (Å²) in [5.41, 5.74) is 1.94. The van der Waals surface area contributed by atoms with Crippen molar-refractivity contribution >= 4 is 27.9 Å². The van der Waals surface area contributed by atoms with Gasteiger partial charge < -0.3 is 5.32 Å². The van der Waals surface area contributed by atoms with Gasteiger partial charge in [-0.05, 0) is 25.1 Å². The number of halogens is 4. The molecule has 2 aromatic heterocycles. The highest BCUT2D eigenvalue weighted by Gasteiger charge is 2.34. The Morgan fingerprint density at radius 1 is 1.17 bits per heavy atom. The van der Waals surface area contributed by atoms with Gasteiger partial charge in [-0.3, -0.25) is 9.20 Å². The molecule has 0 fully saturated rings. The molecule has 4 rings (SSSR count). The van der Waals surface area contributed by atoms with Crippen LogP contribution in [0.25, 0.3) is 16.2 Å². The number of carbonyl (C=O) groups is 1. The van der Waals surface area contributed by atoms with E-state index in [-0.39, 0.29) is 12.1 Å². The predicted octanol–water partition coefficient (Wildman–Crippen LogP) is 5.71. The van der Waals surface area contributed by atoms with E-state index in [4.69, 9.17) is 0 Å². The summed E-state index contributed by atoms with van der Waals surface area (Å²) in [6.45, 7) is 1.99. The number of nitrogens with one attached hydrogen (secondary N) is 1. The van der Waals surface area contributed by atoms with Crippen molar-refractivity contribution in [3.63, 3.8) is 0 Å². The Hall–Kier alpha value is -3.20. The molecule has 0 aliphatic rings. The van der Waals surface area contributed by atoms with Crippen molar-refractivity contribution in [1.29, 1.82) is 0 Å². The number of hydrogen-bond donors (Lipinski definition) is 1. The van der Waals surface area contributed by atoms with Crippen molar-refractivity contribution in [2.45, 2.75) is 19.5 Å². The van der Waals surface area contributed by atoms with Gasteiger partial charge in [0.25, 0.3) is 0 Å². The fourth-order valence-electron chi connectivity index (χ4n) is 3.01. The number of hydrogen-bond acceptors (Lipinski definition) is 3. The first-order chi connectivity index (χ1) is 14.2. The summed E-state index contributed by atoms with van der Waals surface area (Å²) < 4.78 is 53.7. The molecule has 0 radical (unpaired) electrons. The number of rotatable bonds is 4. The zero-order valence-electron chi connectivity index (χ0n) is 15.6. The first-order valence-electron chi connectivity index (χ1n) is 8.90. The van der Waals surface area contributed by atoms with Crippen LogP contribution >= 0.6 is 11.3 Å². The number of aromatic nitrogens is 2. The minimum atomic E-state index is -4.84. The minimum Gasteiger partial charge on any atom is -0.326 e. The van der Waals surface area contributed by atoms with E-state index in [0.717, 1.165) is 22.9 Å². The maximum absolute atomic E-state index is 13.4. The smallest absolute Gasteiger partial charge is 0.326 e. The molecule has 0 aliphatic heterocycles. The molecular formula is C21H15F4N3OS. The molecule has 0 saturated carbocycles. The molecule has 4 aromatic rings. The normalized spacial score (nSPS) is 11.8. The molecule has 0 atom stereocenters. The molecule has 1 N–H and O–H groups in total. The molecule has 4 nitrogen and oxygen atoms in total. The molecule has 0 unspecified atom stereocenters. The van der Waals surface area contributed by atoms with Crippen LogP contribution in [0.1, 0.15) is 16.8 Å². The Morgan fingerprint density at radius 3 is 2.60 bits per heavy atom. The lowest BCUT2D eigenvalue weighted by molar-refractivity contribution is -0.140. The van der Waals surface area contributed by atoms with E-state index >= 15 is 0 Å². The first kappa shape index (κ1) is 20.1. The van der Waals surface area contributed by atoms with Crippen LogP contribution in [0.2, 0.25) is 0 Å². The number of anilines is 1. The van der Waals surface area contributed by atoms with Gasteiger partial charge in [-0.25, -0.2) is 9.37 Å². The van der Waals surface area contributed by atoms with Gasteiger partial charge in [-0.1, -0.05) is 29.8 Å². The molecular weight excluding hydrogens is 418 g/mol. The first-order valence-corrected chi connectivity index (χ1v) is 9.78. The van der Waals surface area contributed by atoms with E-state index in [1.54, 1.807) is 9.78 Å². The summed E-state index contributed by atoms with van der Waals surface area (Å²) in [5.74, 6) is -1.90. The Labute approximate surface area is 172 Å².